The van der Waals surface area contributed by atoms with E-state index < -0.39 is 4.92 Å². The third-order valence-electron chi connectivity index (χ3n) is 1.62. The van der Waals surface area contributed by atoms with Crippen molar-refractivity contribution in [1.82, 2.24) is 0 Å². The van der Waals surface area contributed by atoms with Gasteiger partial charge in [-0.25, -0.2) is 0 Å². The van der Waals surface area contributed by atoms with Crippen LogP contribution < -0.4 is 0 Å². The van der Waals surface area contributed by atoms with Gasteiger partial charge in [0.15, 0.2) is 0 Å². The molecule has 0 unspecified atom stereocenters. The van der Waals surface area contributed by atoms with Gasteiger partial charge in [-0.3, -0.25) is 10.1 Å². The zero-order valence-electron chi connectivity index (χ0n) is 6.94. The zero-order valence-corrected chi connectivity index (χ0v) is 9.09. The summed E-state index contributed by atoms with van der Waals surface area (Å²) in [6, 6.07) is 2.74. The predicted molar refractivity (Wildman–Crippen MR) is 57.2 cm³/mol. The number of nitro benzene ring substituents is 1. The molecule has 14 heavy (non-hydrogen) atoms. The van der Waals surface area contributed by atoms with Gasteiger partial charge in [-0.1, -0.05) is 0 Å². The summed E-state index contributed by atoms with van der Waals surface area (Å²) in [6.07, 6.45) is 0.767. The maximum Gasteiger partial charge on any atom is 0.312 e. The summed E-state index contributed by atoms with van der Waals surface area (Å²) >= 11 is 1.78. The van der Waals surface area contributed by atoms with Gasteiger partial charge in [0.2, 0.25) is 5.75 Å². The Labute approximate surface area is 93.0 Å². The van der Waals surface area contributed by atoms with E-state index in [0.717, 1.165) is 0 Å². The molecule has 0 bridgehead atoms. The zero-order chi connectivity index (χ0) is 10.7. The van der Waals surface area contributed by atoms with E-state index in [-0.39, 0.29) is 17.9 Å². The van der Waals surface area contributed by atoms with Gasteiger partial charge in [-0.2, -0.15) is 0 Å². The molecule has 1 N–H and O–H groups in total. The minimum absolute atomic E-state index is 0.108. The molecule has 0 aliphatic heterocycles. The fraction of sp³-hybridized carbons (Fsp3) is 0.125. The molecule has 1 aromatic carbocycles. The lowest BCUT2D eigenvalue weighted by molar-refractivity contribution is -0.386. The molecule has 0 saturated carbocycles. The van der Waals surface area contributed by atoms with Crippen LogP contribution in [0.2, 0.25) is 0 Å². The van der Waals surface area contributed by atoms with Crippen molar-refractivity contribution in [3.05, 3.63) is 31.4 Å². The van der Waals surface area contributed by atoms with Crippen LogP contribution in [0.1, 0.15) is 5.56 Å². The summed E-state index contributed by atoms with van der Waals surface area (Å²) in [5, 5.41) is 19.8. The molecule has 1 rings (SSSR count). The first kappa shape index (κ1) is 10.9. The largest absolute Gasteiger partial charge is 0.501 e. The van der Waals surface area contributed by atoms with E-state index in [1.807, 2.05) is 0 Å². The monoisotopic (exact) mass is 307 g/mol. The number of halogens is 1. The van der Waals surface area contributed by atoms with Crippen molar-refractivity contribution < 1.29 is 14.8 Å². The van der Waals surface area contributed by atoms with Crippen LogP contribution in [-0.2, 0) is 11.2 Å². The summed E-state index contributed by atoms with van der Waals surface area (Å²) in [4.78, 5) is 20.0. The number of hydrogen-bond donors (Lipinski definition) is 1. The summed E-state index contributed by atoms with van der Waals surface area (Å²) < 4.78 is 0.369. The Morgan fingerprint density at radius 3 is 2.71 bits per heavy atom. The average Bonchev–Trinajstić information content (AvgIpc) is 2.11. The van der Waals surface area contributed by atoms with E-state index in [9.17, 15) is 20.0 Å². The Morgan fingerprint density at radius 2 is 2.21 bits per heavy atom. The minimum Gasteiger partial charge on any atom is -0.501 e. The second-order valence-corrected chi connectivity index (χ2v) is 3.74. The summed E-state index contributed by atoms with van der Waals surface area (Å²) in [5.41, 5.74) is 0.155. The molecular formula is C8H6INO4. The van der Waals surface area contributed by atoms with Gasteiger partial charge in [-0.05, 0) is 34.2 Å². The van der Waals surface area contributed by atoms with Gasteiger partial charge in [-0.15, -0.1) is 0 Å². The number of phenols is 1. The molecule has 0 radical (unpaired) electrons. The van der Waals surface area contributed by atoms with Crippen LogP contribution in [0.4, 0.5) is 5.69 Å². The lowest BCUT2D eigenvalue weighted by Gasteiger charge is -2.01. The SMILES string of the molecule is O=CCc1cc(I)c(O)c([N+](=O)[O-])c1. The van der Waals surface area contributed by atoms with Crippen molar-refractivity contribution in [2.75, 3.05) is 0 Å². The van der Waals surface area contributed by atoms with Crippen LogP contribution in [0, 0.1) is 13.7 Å². The highest BCUT2D eigenvalue weighted by Gasteiger charge is 2.17. The third kappa shape index (κ3) is 2.19. The Kier molecular flexibility index (Phi) is 3.39. The van der Waals surface area contributed by atoms with Crippen LogP contribution in [-0.4, -0.2) is 16.3 Å². The fourth-order valence-electron chi connectivity index (χ4n) is 0.992. The third-order valence-corrected chi connectivity index (χ3v) is 2.44. The van der Waals surface area contributed by atoms with Crippen molar-refractivity contribution in [3.8, 4) is 5.75 Å². The number of aldehydes is 1. The Hall–Kier alpha value is -1.18. The minimum atomic E-state index is -0.675. The molecule has 74 valence electrons. The summed E-state index contributed by atoms with van der Waals surface area (Å²) in [6.45, 7) is 0. The van der Waals surface area contributed by atoms with Gasteiger partial charge in [0.25, 0.3) is 0 Å². The van der Waals surface area contributed by atoms with E-state index in [1.165, 1.54) is 12.1 Å². The van der Waals surface area contributed by atoms with Crippen LogP contribution in [0.15, 0.2) is 12.1 Å². The predicted octanol–water partition coefficient (Wildman–Crippen LogP) is 1.65. The Morgan fingerprint density at radius 1 is 1.57 bits per heavy atom. The van der Waals surface area contributed by atoms with Gasteiger partial charge >= 0.3 is 5.69 Å². The molecule has 0 aromatic heterocycles. The molecule has 0 spiro atoms. The molecule has 0 heterocycles. The first-order valence-electron chi connectivity index (χ1n) is 3.65. The smallest absolute Gasteiger partial charge is 0.312 e. The Bertz CT molecular complexity index is 391. The lowest BCUT2D eigenvalue weighted by Crippen LogP contribution is -1.94. The number of carbonyl (C=O) groups excluding carboxylic acids is 1. The van der Waals surface area contributed by atoms with Gasteiger partial charge < -0.3 is 9.90 Å². The highest BCUT2D eigenvalue weighted by Crippen LogP contribution is 2.32. The quantitative estimate of drug-likeness (QED) is 0.398. The molecule has 6 heteroatoms. The number of nitro groups is 1. The second-order valence-electron chi connectivity index (χ2n) is 2.57. The van der Waals surface area contributed by atoms with Crippen molar-refractivity contribution >= 4 is 34.6 Å². The van der Waals surface area contributed by atoms with Gasteiger partial charge in [0, 0.05) is 12.5 Å². The van der Waals surface area contributed by atoms with Crippen LogP contribution in [0.25, 0.3) is 0 Å². The normalized spacial score (nSPS) is 9.79. The first-order valence-corrected chi connectivity index (χ1v) is 4.73. The molecule has 0 aliphatic carbocycles. The highest BCUT2D eigenvalue weighted by molar-refractivity contribution is 14.1. The van der Waals surface area contributed by atoms with Crippen LogP contribution in [0.5, 0.6) is 5.75 Å². The number of carbonyl (C=O) groups is 1. The molecule has 0 amide bonds. The van der Waals surface area contributed by atoms with E-state index in [0.29, 0.717) is 15.4 Å². The van der Waals surface area contributed by atoms with Crippen molar-refractivity contribution in [1.29, 1.82) is 0 Å². The number of benzene rings is 1. The number of hydrogen-bond acceptors (Lipinski definition) is 4. The Balaban J connectivity index is 3.27. The van der Waals surface area contributed by atoms with E-state index in [1.54, 1.807) is 22.6 Å². The van der Waals surface area contributed by atoms with Gasteiger partial charge in [0.1, 0.15) is 6.29 Å². The molecule has 0 saturated heterocycles. The molecule has 5 nitrogen and oxygen atoms in total. The molecule has 0 atom stereocenters. The fourth-order valence-corrected chi connectivity index (χ4v) is 1.67. The molecular weight excluding hydrogens is 301 g/mol. The first-order chi connectivity index (χ1) is 6.56. The number of nitrogens with zero attached hydrogens (tertiary/aromatic N) is 1. The number of rotatable bonds is 3. The lowest BCUT2D eigenvalue weighted by atomic mass is 10.1. The number of aromatic hydroxyl groups is 1. The highest BCUT2D eigenvalue weighted by atomic mass is 127. The van der Waals surface area contributed by atoms with E-state index in [2.05, 4.69) is 0 Å². The molecule has 0 aliphatic rings. The van der Waals surface area contributed by atoms with Crippen LogP contribution in [0.3, 0.4) is 0 Å². The molecule has 1 aromatic rings. The average molecular weight is 307 g/mol. The summed E-state index contributed by atoms with van der Waals surface area (Å²) in [5.74, 6) is -0.356. The maximum absolute atomic E-state index is 10.5. The van der Waals surface area contributed by atoms with Crippen molar-refractivity contribution in [2.45, 2.75) is 6.42 Å². The molecule has 0 fully saturated rings. The maximum atomic E-state index is 10.5. The topological polar surface area (TPSA) is 80.4 Å². The van der Waals surface area contributed by atoms with Crippen molar-refractivity contribution in [3.63, 3.8) is 0 Å². The van der Waals surface area contributed by atoms with Crippen LogP contribution >= 0.6 is 22.6 Å². The van der Waals surface area contributed by atoms with E-state index in [4.69, 9.17) is 0 Å². The summed E-state index contributed by atoms with van der Waals surface area (Å²) in [7, 11) is 0. The van der Waals surface area contributed by atoms with Gasteiger partial charge in [0.05, 0.1) is 8.49 Å². The van der Waals surface area contributed by atoms with Crippen molar-refractivity contribution in [2.24, 2.45) is 0 Å². The standard InChI is InChI=1S/C8H6INO4/c9-6-3-5(1-2-11)4-7(8(6)12)10(13)14/h2-4,12H,1H2. The number of phenolic OH excluding ortho intramolecular Hbond substituents is 1. The second kappa shape index (κ2) is 4.36. The van der Waals surface area contributed by atoms with E-state index >= 15 is 0 Å².